The lowest BCUT2D eigenvalue weighted by Gasteiger charge is -2.29. The molecule has 2 aromatic heterocycles. The number of aromatic nitrogens is 2. The van der Waals surface area contributed by atoms with E-state index in [-0.39, 0.29) is 5.91 Å². The van der Waals surface area contributed by atoms with Gasteiger partial charge >= 0.3 is 0 Å². The zero-order valence-electron chi connectivity index (χ0n) is 25.0. The Hall–Kier alpha value is -4.55. The number of amides is 1. The summed E-state index contributed by atoms with van der Waals surface area (Å²) in [6.45, 7) is 3.38. The highest BCUT2D eigenvalue weighted by Gasteiger charge is 2.26. The Morgan fingerprint density at radius 2 is 1.45 bits per heavy atom. The number of aliphatic imine (C=N–C) groups is 1. The number of rotatable bonds is 7. The van der Waals surface area contributed by atoms with E-state index in [4.69, 9.17) is 9.73 Å². The molecule has 0 spiro atoms. The van der Waals surface area contributed by atoms with Crippen molar-refractivity contribution < 1.29 is 9.53 Å². The van der Waals surface area contributed by atoms with Crippen LogP contribution in [0.4, 0.5) is 5.69 Å². The second-order valence-corrected chi connectivity index (χ2v) is 12.0. The minimum Gasteiger partial charge on any atom is -0.378 e. The van der Waals surface area contributed by atoms with Crippen LogP contribution in [-0.2, 0) is 11.3 Å². The molecule has 0 N–H and O–H groups in total. The first-order chi connectivity index (χ1) is 21.7. The van der Waals surface area contributed by atoms with Gasteiger partial charge in [0.05, 0.1) is 35.7 Å². The minimum absolute atomic E-state index is 0.0619. The van der Waals surface area contributed by atoms with Crippen LogP contribution in [0.1, 0.15) is 58.6 Å². The molecule has 1 aliphatic carbocycles. The van der Waals surface area contributed by atoms with Gasteiger partial charge in [0.25, 0.3) is 5.91 Å². The highest BCUT2D eigenvalue weighted by atomic mass is 16.5. The summed E-state index contributed by atoms with van der Waals surface area (Å²) in [5.74, 6) is 1.21. The number of fused-ring (bicyclic) bond motifs is 1. The van der Waals surface area contributed by atoms with E-state index in [1.54, 1.807) is 6.20 Å². The zero-order valence-corrected chi connectivity index (χ0v) is 25.0. The fourth-order valence-corrected chi connectivity index (χ4v) is 6.76. The first kappa shape index (κ1) is 28.2. The zero-order chi connectivity index (χ0) is 29.7. The Balaban J connectivity index is 1.03. The molecule has 1 amide bonds. The highest BCUT2D eigenvalue weighted by Crippen LogP contribution is 2.38. The third-order valence-corrected chi connectivity index (χ3v) is 9.17. The number of nitrogens with zero attached hydrogens (tertiary/aromatic N) is 4. The van der Waals surface area contributed by atoms with Gasteiger partial charge in [0.1, 0.15) is 5.52 Å². The van der Waals surface area contributed by atoms with Gasteiger partial charge in [0, 0.05) is 43.2 Å². The van der Waals surface area contributed by atoms with Gasteiger partial charge in [-0.15, -0.1) is 0 Å². The summed E-state index contributed by atoms with van der Waals surface area (Å²) >= 11 is 0. The average molecular weight is 583 g/mol. The van der Waals surface area contributed by atoms with Crippen molar-refractivity contribution in [3.05, 3.63) is 132 Å². The van der Waals surface area contributed by atoms with Crippen LogP contribution in [0.2, 0.25) is 0 Å². The number of morpholine rings is 1. The van der Waals surface area contributed by atoms with Crippen LogP contribution in [0.25, 0.3) is 11.0 Å². The van der Waals surface area contributed by atoms with Gasteiger partial charge in [0.2, 0.25) is 0 Å². The largest absolute Gasteiger partial charge is 0.378 e. The Kier molecular flexibility index (Phi) is 8.33. The summed E-state index contributed by atoms with van der Waals surface area (Å²) < 4.78 is 7.72. The molecule has 1 saturated carbocycles. The van der Waals surface area contributed by atoms with Crippen LogP contribution in [0, 0.1) is 5.92 Å². The van der Waals surface area contributed by atoms with Crippen molar-refractivity contribution in [1.29, 1.82) is 0 Å². The second kappa shape index (κ2) is 13.0. The summed E-state index contributed by atoms with van der Waals surface area (Å²) in [5, 5.41) is 0. The predicted octanol–water partition coefficient (Wildman–Crippen LogP) is 7.65. The Morgan fingerprint density at radius 3 is 2.11 bits per heavy atom. The highest BCUT2D eigenvalue weighted by molar-refractivity contribution is 6.14. The molecular formula is C38H38N4O2. The van der Waals surface area contributed by atoms with Crippen LogP contribution in [0.15, 0.2) is 114 Å². The topological polar surface area (TPSA) is 59.7 Å². The molecule has 2 aliphatic rings. The SMILES string of the molecule is O=C(c1cn(CC2CCC(c3ccc(N=C(c4ccccc4)c4ccccc4)cc3)CC2)c2cccnc12)N1CCOCC1. The van der Waals surface area contributed by atoms with E-state index in [0.29, 0.717) is 43.7 Å². The summed E-state index contributed by atoms with van der Waals surface area (Å²) in [6.07, 6.45) is 8.51. The van der Waals surface area contributed by atoms with Crippen molar-refractivity contribution in [1.82, 2.24) is 14.5 Å². The van der Waals surface area contributed by atoms with Crippen molar-refractivity contribution in [3.8, 4) is 0 Å². The molecule has 5 aromatic rings. The number of ether oxygens (including phenoxy) is 1. The molecule has 44 heavy (non-hydrogen) atoms. The molecule has 2 fully saturated rings. The molecule has 222 valence electrons. The van der Waals surface area contributed by atoms with Crippen LogP contribution in [-0.4, -0.2) is 52.4 Å². The van der Waals surface area contributed by atoms with Gasteiger partial charge < -0.3 is 14.2 Å². The Morgan fingerprint density at radius 1 is 0.795 bits per heavy atom. The Bertz CT molecular complexity index is 1690. The lowest BCUT2D eigenvalue weighted by Crippen LogP contribution is -2.40. The van der Waals surface area contributed by atoms with E-state index < -0.39 is 0 Å². The number of hydrogen-bond acceptors (Lipinski definition) is 4. The number of pyridine rings is 1. The number of benzene rings is 3. The molecule has 6 heteroatoms. The Labute approximate surface area is 259 Å². The molecule has 0 unspecified atom stereocenters. The average Bonchev–Trinajstić information content (AvgIpc) is 3.47. The van der Waals surface area contributed by atoms with Gasteiger partial charge in [-0.25, -0.2) is 4.99 Å². The molecular weight excluding hydrogens is 544 g/mol. The maximum absolute atomic E-state index is 13.4. The van der Waals surface area contributed by atoms with Crippen molar-refractivity contribution in [3.63, 3.8) is 0 Å². The van der Waals surface area contributed by atoms with E-state index in [1.165, 1.54) is 31.2 Å². The molecule has 0 atom stereocenters. The molecule has 3 aromatic carbocycles. The van der Waals surface area contributed by atoms with Gasteiger partial charge in [0.15, 0.2) is 0 Å². The normalized spacial score (nSPS) is 18.7. The van der Waals surface area contributed by atoms with E-state index >= 15 is 0 Å². The standard InChI is InChI=1S/C38H38N4O2/c43-38(41-22-24-44-25-23-41)34-27-42(35-12-7-21-39-37(34)35)26-28-13-15-29(16-14-28)30-17-19-33(20-18-30)40-36(31-8-3-1-4-9-31)32-10-5-2-6-11-32/h1-12,17-21,27-29H,13-16,22-26H2. The lowest BCUT2D eigenvalue weighted by molar-refractivity contribution is 0.0304. The smallest absolute Gasteiger partial charge is 0.257 e. The monoisotopic (exact) mass is 582 g/mol. The lowest BCUT2D eigenvalue weighted by atomic mass is 9.78. The molecule has 1 aliphatic heterocycles. The fraction of sp³-hybridized carbons (Fsp3) is 0.289. The van der Waals surface area contributed by atoms with Crippen LogP contribution >= 0.6 is 0 Å². The van der Waals surface area contributed by atoms with E-state index in [1.807, 2.05) is 29.3 Å². The van der Waals surface area contributed by atoms with Crippen LogP contribution < -0.4 is 0 Å². The summed E-state index contributed by atoms with van der Waals surface area (Å²) in [4.78, 5) is 24.9. The molecule has 0 bridgehead atoms. The minimum atomic E-state index is 0.0619. The maximum atomic E-state index is 13.4. The second-order valence-electron chi connectivity index (χ2n) is 12.0. The maximum Gasteiger partial charge on any atom is 0.257 e. The van der Waals surface area contributed by atoms with Crippen LogP contribution in [0.5, 0.6) is 0 Å². The summed E-state index contributed by atoms with van der Waals surface area (Å²) in [5.41, 5.74) is 8.16. The van der Waals surface area contributed by atoms with Crippen molar-refractivity contribution in [2.45, 2.75) is 38.1 Å². The van der Waals surface area contributed by atoms with Gasteiger partial charge in [-0.3, -0.25) is 9.78 Å². The van der Waals surface area contributed by atoms with Gasteiger partial charge in [-0.05, 0) is 67.3 Å². The number of hydrogen-bond donors (Lipinski definition) is 0. The molecule has 0 radical (unpaired) electrons. The third kappa shape index (κ3) is 6.08. The van der Waals surface area contributed by atoms with Crippen molar-refractivity contribution in [2.24, 2.45) is 10.9 Å². The van der Waals surface area contributed by atoms with Gasteiger partial charge in [-0.2, -0.15) is 0 Å². The summed E-state index contributed by atoms with van der Waals surface area (Å²) in [7, 11) is 0. The first-order valence-electron chi connectivity index (χ1n) is 15.8. The summed E-state index contributed by atoms with van der Waals surface area (Å²) in [6, 6.07) is 33.7. The van der Waals surface area contributed by atoms with Crippen molar-refractivity contribution >= 4 is 28.3 Å². The molecule has 1 saturated heterocycles. The van der Waals surface area contributed by atoms with E-state index in [9.17, 15) is 4.79 Å². The number of carbonyl (C=O) groups excluding carboxylic acids is 1. The van der Waals surface area contributed by atoms with E-state index in [2.05, 4.69) is 88.4 Å². The van der Waals surface area contributed by atoms with E-state index in [0.717, 1.165) is 40.1 Å². The molecule has 6 nitrogen and oxygen atoms in total. The van der Waals surface area contributed by atoms with Crippen molar-refractivity contribution in [2.75, 3.05) is 26.3 Å². The fourth-order valence-electron chi connectivity index (χ4n) is 6.76. The molecule has 3 heterocycles. The van der Waals surface area contributed by atoms with Gasteiger partial charge in [-0.1, -0.05) is 72.8 Å². The molecule has 7 rings (SSSR count). The predicted molar refractivity (Wildman–Crippen MR) is 176 cm³/mol. The number of carbonyl (C=O) groups is 1. The first-order valence-corrected chi connectivity index (χ1v) is 15.8. The quantitative estimate of drug-likeness (QED) is 0.185. The van der Waals surface area contributed by atoms with Crippen LogP contribution in [0.3, 0.4) is 0 Å². The third-order valence-electron chi connectivity index (χ3n) is 9.17.